The molecule has 1 atom stereocenters. The number of unbranched alkanes of at least 4 members (excludes halogenated alkanes) is 32. The average Bonchev–Trinajstić information content (AvgIpc) is 3.34. The molecular formula is C62H110O6. The number of allylic oxidation sites excluding steroid dienone is 10. The van der Waals surface area contributed by atoms with Gasteiger partial charge >= 0.3 is 17.9 Å². The van der Waals surface area contributed by atoms with Crippen molar-refractivity contribution in [1.29, 1.82) is 0 Å². The SMILES string of the molecule is CC/C=C\C/C=C\C/C=C\CCCCCCCCCC(=O)OC(COC(=O)CCCCCCCCCC)COC(=O)CCCCCCCCCCCCCCC/C=C\C/C=C\CCCCCCC. The van der Waals surface area contributed by atoms with Crippen molar-refractivity contribution in [1.82, 2.24) is 0 Å². The van der Waals surface area contributed by atoms with Crippen LogP contribution in [0.4, 0.5) is 0 Å². The van der Waals surface area contributed by atoms with E-state index in [1.54, 1.807) is 0 Å². The van der Waals surface area contributed by atoms with Crippen LogP contribution in [-0.4, -0.2) is 37.2 Å². The van der Waals surface area contributed by atoms with Gasteiger partial charge in [0.25, 0.3) is 0 Å². The van der Waals surface area contributed by atoms with Gasteiger partial charge in [-0.25, -0.2) is 0 Å². The third kappa shape index (κ3) is 54.1. The summed E-state index contributed by atoms with van der Waals surface area (Å²) < 4.78 is 16.8. The van der Waals surface area contributed by atoms with Gasteiger partial charge < -0.3 is 14.2 Å². The number of rotatable bonds is 53. The molecule has 1 unspecified atom stereocenters. The molecule has 68 heavy (non-hydrogen) atoms. The maximum atomic E-state index is 12.8. The van der Waals surface area contributed by atoms with E-state index in [-0.39, 0.29) is 31.1 Å². The van der Waals surface area contributed by atoms with Crippen LogP contribution in [0, 0.1) is 0 Å². The Morgan fingerprint density at radius 3 is 0.897 bits per heavy atom. The van der Waals surface area contributed by atoms with Crippen LogP contribution in [0.15, 0.2) is 60.8 Å². The second-order valence-corrected chi connectivity index (χ2v) is 19.5. The van der Waals surface area contributed by atoms with Crippen molar-refractivity contribution in [3.8, 4) is 0 Å². The van der Waals surface area contributed by atoms with Crippen LogP contribution >= 0.6 is 0 Å². The summed E-state index contributed by atoms with van der Waals surface area (Å²) in [6, 6.07) is 0. The third-order valence-electron chi connectivity index (χ3n) is 12.8. The van der Waals surface area contributed by atoms with Crippen LogP contribution in [0.1, 0.15) is 297 Å². The predicted molar refractivity (Wildman–Crippen MR) is 293 cm³/mol. The van der Waals surface area contributed by atoms with Gasteiger partial charge in [0.1, 0.15) is 13.2 Å². The normalized spacial score (nSPS) is 12.5. The summed E-state index contributed by atoms with van der Waals surface area (Å²) in [4.78, 5) is 38.0. The van der Waals surface area contributed by atoms with Gasteiger partial charge in [-0.1, -0.05) is 255 Å². The summed E-state index contributed by atoms with van der Waals surface area (Å²) in [6.07, 6.45) is 70.9. The Balaban J connectivity index is 4.18. The second kappa shape index (κ2) is 56.7. The fourth-order valence-corrected chi connectivity index (χ4v) is 8.37. The molecule has 0 rings (SSSR count). The Morgan fingerprint density at radius 1 is 0.309 bits per heavy atom. The van der Waals surface area contributed by atoms with Crippen molar-refractivity contribution in [3.63, 3.8) is 0 Å². The second-order valence-electron chi connectivity index (χ2n) is 19.5. The number of hydrogen-bond donors (Lipinski definition) is 0. The molecule has 0 aromatic rings. The van der Waals surface area contributed by atoms with Gasteiger partial charge in [-0.3, -0.25) is 14.4 Å². The molecule has 0 radical (unpaired) electrons. The van der Waals surface area contributed by atoms with Crippen molar-refractivity contribution < 1.29 is 28.6 Å². The molecule has 0 aliphatic rings. The molecule has 0 aliphatic carbocycles. The highest BCUT2D eigenvalue weighted by Crippen LogP contribution is 2.16. The first-order chi connectivity index (χ1) is 33.5. The largest absolute Gasteiger partial charge is 0.462 e. The molecule has 0 fully saturated rings. The van der Waals surface area contributed by atoms with Crippen molar-refractivity contribution in [3.05, 3.63) is 60.8 Å². The van der Waals surface area contributed by atoms with Gasteiger partial charge in [0.2, 0.25) is 0 Å². The van der Waals surface area contributed by atoms with Gasteiger partial charge in [-0.2, -0.15) is 0 Å². The van der Waals surface area contributed by atoms with Crippen LogP contribution in [0.25, 0.3) is 0 Å². The van der Waals surface area contributed by atoms with Crippen molar-refractivity contribution in [2.24, 2.45) is 0 Å². The molecule has 6 nitrogen and oxygen atoms in total. The highest BCUT2D eigenvalue weighted by molar-refractivity contribution is 5.71. The lowest BCUT2D eigenvalue weighted by Crippen LogP contribution is -2.30. The lowest BCUT2D eigenvalue weighted by Gasteiger charge is -2.18. The Morgan fingerprint density at radius 2 is 0.574 bits per heavy atom. The van der Waals surface area contributed by atoms with Gasteiger partial charge in [0.15, 0.2) is 6.10 Å². The fraction of sp³-hybridized carbons (Fsp3) is 0.790. The summed E-state index contributed by atoms with van der Waals surface area (Å²) in [5.74, 6) is -0.881. The highest BCUT2D eigenvalue weighted by atomic mass is 16.6. The zero-order valence-corrected chi connectivity index (χ0v) is 45.1. The van der Waals surface area contributed by atoms with E-state index in [4.69, 9.17) is 14.2 Å². The minimum Gasteiger partial charge on any atom is -0.462 e. The zero-order chi connectivity index (χ0) is 49.3. The summed E-state index contributed by atoms with van der Waals surface area (Å²) in [5, 5.41) is 0. The van der Waals surface area contributed by atoms with Crippen molar-refractivity contribution in [2.75, 3.05) is 13.2 Å². The van der Waals surface area contributed by atoms with Gasteiger partial charge in [-0.15, -0.1) is 0 Å². The molecule has 0 aromatic heterocycles. The predicted octanol–water partition coefficient (Wildman–Crippen LogP) is 19.6. The first-order valence-electron chi connectivity index (χ1n) is 29.3. The minimum atomic E-state index is -0.776. The summed E-state index contributed by atoms with van der Waals surface area (Å²) >= 11 is 0. The van der Waals surface area contributed by atoms with Crippen molar-refractivity contribution >= 4 is 17.9 Å². The molecule has 0 heterocycles. The number of carbonyl (C=O) groups excluding carboxylic acids is 3. The van der Waals surface area contributed by atoms with Gasteiger partial charge in [0.05, 0.1) is 0 Å². The van der Waals surface area contributed by atoms with Gasteiger partial charge in [-0.05, 0) is 83.5 Å². The first-order valence-corrected chi connectivity index (χ1v) is 29.3. The minimum absolute atomic E-state index is 0.0763. The molecule has 0 saturated carbocycles. The topological polar surface area (TPSA) is 78.9 Å². The molecule has 0 bridgehead atoms. The number of ether oxygens (including phenoxy) is 3. The summed E-state index contributed by atoms with van der Waals surface area (Å²) in [7, 11) is 0. The molecular weight excluding hydrogens is 841 g/mol. The quantitative estimate of drug-likeness (QED) is 0.0262. The standard InChI is InChI=1S/C62H110O6/c1-4-7-10-13-16-19-21-23-25-27-28-29-30-31-32-33-34-36-37-39-41-43-46-49-52-55-61(64)67-58-59(57-66-60(63)54-51-48-45-18-15-12-9-6-3)68-62(65)56-53-50-47-44-42-40-38-35-26-24-22-20-17-14-11-8-5-2/h8,11,17,20-21,23-24,26-28,59H,4-7,9-10,12-16,18-19,22,25,29-58H2,1-3H3/b11-8-,20-17-,23-21-,26-24-,28-27-. The Hall–Kier alpha value is -2.89. The fourth-order valence-electron chi connectivity index (χ4n) is 8.37. The molecule has 0 saturated heterocycles. The highest BCUT2D eigenvalue weighted by Gasteiger charge is 2.19. The average molecular weight is 952 g/mol. The maximum absolute atomic E-state index is 12.8. The molecule has 0 aromatic carbocycles. The zero-order valence-electron chi connectivity index (χ0n) is 45.1. The number of hydrogen-bond acceptors (Lipinski definition) is 6. The van der Waals surface area contributed by atoms with E-state index < -0.39 is 6.10 Å². The van der Waals surface area contributed by atoms with Gasteiger partial charge in [0, 0.05) is 19.3 Å². The van der Waals surface area contributed by atoms with Crippen LogP contribution in [0.3, 0.4) is 0 Å². The molecule has 0 N–H and O–H groups in total. The molecule has 0 spiro atoms. The van der Waals surface area contributed by atoms with Crippen molar-refractivity contribution in [2.45, 2.75) is 303 Å². The number of esters is 3. The van der Waals surface area contributed by atoms with Crippen LogP contribution in [0.5, 0.6) is 0 Å². The number of carbonyl (C=O) groups is 3. The lowest BCUT2D eigenvalue weighted by atomic mass is 10.0. The van der Waals surface area contributed by atoms with E-state index in [2.05, 4.69) is 81.5 Å². The van der Waals surface area contributed by atoms with E-state index in [9.17, 15) is 14.4 Å². The smallest absolute Gasteiger partial charge is 0.306 e. The van der Waals surface area contributed by atoms with E-state index in [0.717, 1.165) is 89.9 Å². The molecule has 6 heteroatoms. The molecule has 394 valence electrons. The summed E-state index contributed by atoms with van der Waals surface area (Å²) in [5.41, 5.74) is 0. The summed E-state index contributed by atoms with van der Waals surface area (Å²) in [6.45, 7) is 6.51. The Bertz CT molecular complexity index is 1230. The van der Waals surface area contributed by atoms with E-state index >= 15 is 0 Å². The van der Waals surface area contributed by atoms with Crippen LogP contribution in [0.2, 0.25) is 0 Å². The Labute approximate surface area is 421 Å². The van der Waals surface area contributed by atoms with E-state index in [1.165, 1.54) is 167 Å². The monoisotopic (exact) mass is 951 g/mol. The maximum Gasteiger partial charge on any atom is 0.306 e. The van der Waals surface area contributed by atoms with Crippen LogP contribution < -0.4 is 0 Å². The van der Waals surface area contributed by atoms with Crippen LogP contribution in [-0.2, 0) is 28.6 Å². The molecule has 0 aliphatic heterocycles. The van der Waals surface area contributed by atoms with E-state index in [1.807, 2.05) is 0 Å². The van der Waals surface area contributed by atoms with E-state index in [0.29, 0.717) is 19.3 Å². The first kappa shape index (κ1) is 65.1. The Kier molecular flexibility index (Phi) is 54.3. The third-order valence-corrected chi connectivity index (χ3v) is 12.8. The molecule has 0 amide bonds. The lowest BCUT2D eigenvalue weighted by molar-refractivity contribution is -0.167.